The summed E-state index contributed by atoms with van der Waals surface area (Å²) in [7, 11) is 0. The molecule has 0 heteroatoms. The van der Waals surface area contributed by atoms with Gasteiger partial charge in [-0.3, -0.25) is 0 Å². The molecule has 0 N–H and O–H groups in total. The Balaban J connectivity index is 2.29. The topological polar surface area (TPSA) is 0 Å². The normalized spacial score (nSPS) is 27.5. The van der Waals surface area contributed by atoms with Crippen molar-refractivity contribution in [2.45, 2.75) is 34.1 Å². The predicted octanol–water partition coefficient (Wildman–Crippen LogP) is 4.73. The molecule has 0 amide bonds. The highest BCUT2D eigenvalue weighted by Crippen LogP contribution is 2.54. The van der Waals surface area contributed by atoms with Crippen molar-refractivity contribution in [1.29, 1.82) is 0 Å². The molecule has 3 rings (SSSR count). The van der Waals surface area contributed by atoms with Gasteiger partial charge in [-0.25, -0.2) is 0 Å². The maximum absolute atomic E-state index is 2.33. The third-order valence-electron chi connectivity index (χ3n) is 4.18. The van der Waals surface area contributed by atoms with Crippen LogP contribution in [0.25, 0.3) is 0 Å². The molecule has 0 aromatic carbocycles. The van der Waals surface area contributed by atoms with Gasteiger partial charge >= 0.3 is 0 Å². The average Bonchev–Trinajstić information content (AvgIpc) is 2.57. The van der Waals surface area contributed by atoms with Crippen LogP contribution in [-0.2, 0) is 0 Å². The highest BCUT2D eigenvalue weighted by atomic mass is 14.4. The van der Waals surface area contributed by atoms with Crippen molar-refractivity contribution in [3.63, 3.8) is 0 Å². The Morgan fingerprint density at radius 3 is 1.59 bits per heavy atom. The van der Waals surface area contributed by atoms with Crippen molar-refractivity contribution < 1.29 is 0 Å². The van der Waals surface area contributed by atoms with Crippen molar-refractivity contribution in [2.24, 2.45) is 10.8 Å². The number of allylic oxidation sites excluding steroid dienone is 10. The summed E-state index contributed by atoms with van der Waals surface area (Å²) in [5, 5.41) is 0. The summed E-state index contributed by atoms with van der Waals surface area (Å²) in [6.07, 6.45) is 14.8. The van der Waals surface area contributed by atoms with E-state index in [4.69, 9.17) is 0 Å². The number of hydrogen-bond donors (Lipinski definition) is 0. The summed E-state index contributed by atoms with van der Waals surface area (Å²) in [4.78, 5) is 0. The molecule has 0 radical (unpaired) electrons. The Labute approximate surface area is 104 Å². The minimum atomic E-state index is 0.178. The van der Waals surface area contributed by atoms with Crippen LogP contribution >= 0.6 is 0 Å². The molecule has 0 bridgehead atoms. The minimum absolute atomic E-state index is 0.178. The zero-order valence-corrected chi connectivity index (χ0v) is 11.2. The Morgan fingerprint density at radius 1 is 0.765 bits per heavy atom. The van der Waals surface area contributed by atoms with E-state index in [2.05, 4.69) is 64.2 Å². The molecule has 0 fully saturated rings. The molecule has 0 saturated heterocycles. The smallest absolute Gasteiger partial charge is 0.00844 e. The van der Waals surface area contributed by atoms with E-state index in [1.807, 2.05) is 0 Å². The second-order valence-corrected chi connectivity index (χ2v) is 6.47. The van der Waals surface area contributed by atoms with Gasteiger partial charge in [-0.2, -0.15) is 0 Å². The second-order valence-electron chi connectivity index (χ2n) is 6.47. The lowest BCUT2D eigenvalue weighted by Crippen LogP contribution is -2.21. The molecular formula is C17H20. The monoisotopic (exact) mass is 224 g/mol. The Morgan fingerprint density at radius 2 is 1.18 bits per heavy atom. The van der Waals surface area contributed by atoms with Gasteiger partial charge in [0.1, 0.15) is 0 Å². The highest BCUT2D eigenvalue weighted by molar-refractivity contribution is 5.65. The lowest BCUT2D eigenvalue weighted by molar-refractivity contribution is 0.532. The lowest BCUT2D eigenvalue weighted by Gasteiger charge is -2.33. The van der Waals surface area contributed by atoms with E-state index in [9.17, 15) is 0 Å². The van der Waals surface area contributed by atoms with Gasteiger partial charge in [-0.15, -0.1) is 0 Å². The van der Waals surface area contributed by atoms with Crippen LogP contribution in [0, 0.1) is 10.8 Å². The number of hydrogen-bond acceptors (Lipinski definition) is 0. The molecule has 3 aliphatic rings. The van der Waals surface area contributed by atoms with Gasteiger partial charge in [-0.1, -0.05) is 64.2 Å². The molecule has 3 aliphatic carbocycles. The minimum Gasteiger partial charge on any atom is -0.0745 e. The van der Waals surface area contributed by atoms with E-state index in [1.54, 1.807) is 11.1 Å². The zero-order valence-electron chi connectivity index (χ0n) is 11.2. The molecule has 0 aromatic heterocycles. The molecule has 0 atom stereocenters. The van der Waals surface area contributed by atoms with Gasteiger partial charge in [0.15, 0.2) is 0 Å². The summed E-state index contributed by atoms with van der Waals surface area (Å²) in [6, 6.07) is 0. The average molecular weight is 224 g/mol. The molecule has 0 saturated carbocycles. The molecule has 88 valence electrons. The Hall–Kier alpha value is -1.30. The van der Waals surface area contributed by atoms with Crippen LogP contribution in [0.4, 0.5) is 0 Å². The predicted molar refractivity (Wildman–Crippen MR) is 73.7 cm³/mol. The summed E-state index contributed by atoms with van der Waals surface area (Å²) < 4.78 is 0. The molecule has 0 heterocycles. The van der Waals surface area contributed by atoms with Crippen molar-refractivity contribution >= 4 is 0 Å². The summed E-state index contributed by atoms with van der Waals surface area (Å²) in [5.74, 6) is 0. The first kappa shape index (κ1) is 10.8. The van der Waals surface area contributed by atoms with E-state index >= 15 is 0 Å². The third-order valence-corrected chi connectivity index (χ3v) is 4.18. The molecule has 17 heavy (non-hydrogen) atoms. The van der Waals surface area contributed by atoms with Crippen molar-refractivity contribution in [1.82, 2.24) is 0 Å². The SMILES string of the molecule is CC1(C)C=CC=C2CC3=CC=CC(C)(C)C3=C21. The van der Waals surface area contributed by atoms with Crippen molar-refractivity contribution in [3.05, 3.63) is 58.7 Å². The molecule has 0 unspecified atom stereocenters. The van der Waals surface area contributed by atoms with Crippen LogP contribution in [0.1, 0.15) is 34.1 Å². The third kappa shape index (κ3) is 1.43. The molecule has 0 aliphatic heterocycles. The van der Waals surface area contributed by atoms with E-state index in [1.165, 1.54) is 11.1 Å². The van der Waals surface area contributed by atoms with Crippen LogP contribution in [0.15, 0.2) is 58.7 Å². The fourth-order valence-corrected chi connectivity index (χ4v) is 3.44. The first-order valence-electron chi connectivity index (χ1n) is 6.45. The van der Waals surface area contributed by atoms with Crippen LogP contribution < -0.4 is 0 Å². The fraction of sp³-hybridized carbons (Fsp3) is 0.412. The molecular weight excluding hydrogens is 204 g/mol. The van der Waals surface area contributed by atoms with E-state index in [0.717, 1.165) is 6.42 Å². The van der Waals surface area contributed by atoms with Crippen LogP contribution in [0.2, 0.25) is 0 Å². The van der Waals surface area contributed by atoms with Gasteiger partial charge in [0.25, 0.3) is 0 Å². The number of fused-ring (bicyclic) bond motifs is 2. The van der Waals surface area contributed by atoms with E-state index in [0.29, 0.717) is 0 Å². The quantitative estimate of drug-likeness (QED) is 0.558. The maximum Gasteiger partial charge on any atom is 0.00844 e. The standard InChI is InChI=1S/C17H20/c1-16(2)9-5-7-12-11-13-8-6-10-17(3,4)15(13)14(12)16/h5-10H,11H2,1-4H3. The summed E-state index contributed by atoms with van der Waals surface area (Å²) >= 11 is 0. The molecule has 0 spiro atoms. The van der Waals surface area contributed by atoms with Crippen molar-refractivity contribution in [3.8, 4) is 0 Å². The second kappa shape index (κ2) is 3.13. The van der Waals surface area contributed by atoms with Gasteiger partial charge < -0.3 is 0 Å². The number of rotatable bonds is 0. The van der Waals surface area contributed by atoms with Gasteiger partial charge in [-0.05, 0) is 28.7 Å². The molecule has 0 aromatic rings. The highest BCUT2D eigenvalue weighted by Gasteiger charge is 2.40. The summed E-state index contributed by atoms with van der Waals surface area (Å²) in [5.41, 5.74) is 6.54. The maximum atomic E-state index is 2.33. The van der Waals surface area contributed by atoms with Crippen molar-refractivity contribution in [2.75, 3.05) is 0 Å². The van der Waals surface area contributed by atoms with Gasteiger partial charge in [0, 0.05) is 10.8 Å². The first-order valence-corrected chi connectivity index (χ1v) is 6.45. The zero-order chi connectivity index (χ0) is 12.3. The van der Waals surface area contributed by atoms with Gasteiger partial charge in [0.05, 0.1) is 0 Å². The fourth-order valence-electron chi connectivity index (χ4n) is 3.44. The van der Waals surface area contributed by atoms with Crippen LogP contribution in [0.5, 0.6) is 0 Å². The van der Waals surface area contributed by atoms with Crippen LogP contribution in [0.3, 0.4) is 0 Å². The van der Waals surface area contributed by atoms with Crippen LogP contribution in [-0.4, -0.2) is 0 Å². The lowest BCUT2D eigenvalue weighted by atomic mass is 9.70. The Bertz CT molecular complexity index is 480. The summed E-state index contributed by atoms with van der Waals surface area (Å²) in [6.45, 7) is 9.32. The Kier molecular flexibility index (Phi) is 1.99. The largest absolute Gasteiger partial charge is 0.0745 e. The first-order chi connectivity index (χ1) is 7.92. The van der Waals surface area contributed by atoms with E-state index < -0.39 is 0 Å². The van der Waals surface area contributed by atoms with Gasteiger partial charge in [0.2, 0.25) is 0 Å². The van der Waals surface area contributed by atoms with E-state index in [-0.39, 0.29) is 10.8 Å². The molecule has 0 nitrogen and oxygen atoms in total.